The van der Waals surface area contributed by atoms with Crippen molar-refractivity contribution in [3.8, 4) is 11.8 Å². The fourth-order valence-corrected chi connectivity index (χ4v) is 3.88. The first-order valence-corrected chi connectivity index (χ1v) is 12.2. The molecule has 2 aromatic rings. The van der Waals surface area contributed by atoms with E-state index in [0.29, 0.717) is 17.2 Å². The molecule has 1 fully saturated rings. The highest BCUT2D eigenvalue weighted by Gasteiger charge is 2.25. The fourth-order valence-electron chi connectivity index (χ4n) is 3.88. The van der Waals surface area contributed by atoms with Crippen LogP contribution in [0.4, 0.5) is 5.69 Å². The largest absolute Gasteiger partial charge is 0.391 e. The van der Waals surface area contributed by atoms with Gasteiger partial charge in [-0.05, 0) is 93.8 Å². The minimum atomic E-state index is -1.29. The highest BCUT2D eigenvalue weighted by atomic mass is 16.5. The number of aliphatic hydroxyl groups is 1. The molecule has 0 bridgehead atoms. The number of rotatable bonds is 9. The summed E-state index contributed by atoms with van der Waals surface area (Å²) in [6.07, 6.45) is 1.16. The molecular weight excluding hydrogens is 474 g/mol. The smallest absolute Gasteiger partial charge is 0.268 e. The number of anilines is 1. The molecular formula is C27H33N5O5. The van der Waals surface area contributed by atoms with E-state index in [1.54, 1.807) is 36.4 Å². The SMILES string of the molecule is CC(O)C(NC(=O)c1ccc(C#Cc2ccc(NC(=O)CNCC3CCCNC3)cc2)cc1)C(=O)NO. The standard InChI is InChI=1S/C27H33N5O5/c1-18(33)25(27(36)32-37)31-26(35)22-10-6-19(7-11-22)4-5-20-8-12-23(13-9-20)30-24(34)17-29-16-21-3-2-14-28-15-21/h6-13,18,21,25,28-29,33,37H,2-3,14-17H2,1H3,(H,30,34)(H,31,35)(H,32,36). The van der Waals surface area contributed by atoms with Gasteiger partial charge < -0.3 is 26.4 Å². The Morgan fingerprint density at radius 2 is 1.70 bits per heavy atom. The van der Waals surface area contributed by atoms with Gasteiger partial charge in [0, 0.05) is 22.4 Å². The molecule has 0 radical (unpaired) electrons. The Balaban J connectivity index is 1.48. The summed E-state index contributed by atoms with van der Waals surface area (Å²) < 4.78 is 0. The van der Waals surface area contributed by atoms with Crippen molar-refractivity contribution in [2.75, 3.05) is 31.5 Å². The Bertz CT molecular complexity index is 1120. The van der Waals surface area contributed by atoms with Gasteiger partial charge in [0.25, 0.3) is 11.8 Å². The highest BCUT2D eigenvalue weighted by molar-refractivity contribution is 5.97. The molecule has 1 saturated heterocycles. The van der Waals surface area contributed by atoms with Crippen LogP contribution in [0.5, 0.6) is 0 Å². The molecule has 3 amide bonds. The second-order valence-corrected chi connectivity index (χ2v) is 8.96. The maximum atomic E-state index is 12.4. The number of nitrogens with one attached hydrogen (secondary N) is 5. The van der Waals surface area contributed by atoms with E-state index in [0.717, 1.165) is 25.2 Å². The first-order valence-electron chi connectivity index (χ1n) is 12.2. The topological polar surface area (TPSA) is 152 Å². The van der Waals surface area contributed by atoms with E-state index < -0.39 is 24.0 Å². The lowest BCUT2D eigenvalue weighted by atomic mass is 10.00. The van der Waals surface area contributed by atoms with Crippen molar-refractivity contribution < 1.29 is 24.7 Å². The van der Waals surface area contributed by atoms with Gasteiger partial charge in [0.15, 0.2) is 0 Å². The van der Waals surface area contributed by atoms with Crippen molar-refractivity contribution in [1.29, 1.82) is 0 Å². The molecule has 3 rings (SSSR count). The molecule has 196 valence electrons. The molecule has 0 aromatic heterocycles. The summed E-state index contributed by atoms with van der Waals surface area (Å²) in [6.45, 7) is 4.48. The van der Waals surface area contributed by atoms with Crippen LogP contribution in [0.2, 0.25) is 0 Å². The number of benzene rings is 2. The summed E-state index contributed by atoms with van der Waals surface area (Å²) in [5.74, 6) is 5.03. The third kappa shape index (κ3) is 9.00. The molecule has 0 spiro atoms. The Morgan fingerprint density at radius 3 is 2.27 bits per heavy atom. The molecule has 1 aliphatic heterocycles. The van der Waals surface area contributed by atoms with Crippen LogP contribution in [-0.4, -0.2) is 66.4 Å². The lowest BCUT2D eigenvalue weighted by molar-refractivity contribution is -0.133. The number of hydrogen-bond acceptors (Lipinski definition) is 7. The summed E-state index contributed by atoms with van der Waals surface area (Å²) in [4.78, 5) is 36.1. The van der Waals surface area contributed by atoms with Crippen LogP contribution < -0.4 is 26.7 Å². The van der Waals surface area contributed by atoms with Crippen LogP contribution >= 0.6 is 0 Å². The summed E-state index contributed by atoms with van der Waals surface area (Å²) in [5, 5.41) is 30.2. The Morgan fingerprint density at radius 1 is 1.05 bits per heavy atom. The minimum Gasteiger partial charge on any atom is -0.391 e. The normalized spacial score (nSPS) is 16.5. The van der Waals surface area contributed by atoms with Gasteiger partial charge in [-0.2, -0.15) is 0 Å². The van der Waals surface area contributed by atoms with E-state index in [2.05, 4.69) is 33.1 Å². The Labute approximate surface area is 216 Å². The van der Waals surface area contributed by atoms with E-state index in [4.69, 9.17) is 5.21 Å². The van der Waals surface area contributed by atoms with Gasteiger partial charge >= 0.3 is 0 Å². The second kappa shape index (κ2) is 14.1. The summed E-state index contributed by atoms with van der Waals surface area (Å²) in [6, 6.07) is 12.3. The molecule has 10 heteroatoms. The van der Waals surface area contributed by atoms with Crippen molar-refractivity contribution >= 4 is 23.4 Å². The zero-order chi connectivity index (χ0) is 26.6. The average Bonchev–Trinajstić information content (AvgIpc) is 2.91. The maximum Gasteiger partial charge on any atom is 0.268 e. The molecule has 3 unspecified atom stereocenters. The zero-order valence-electron chi connectivity index (χ0n) is 20.7. The summed E-state index contributed by atoms with van der Waals surface area (Å²) >= 11 is 0. The summed E-state index contributed by atoms with van der Waals surface area (Å²) in [5.41, 5.74) is 3.82. The number of aliphatic hydroxyl groups excluding tert-OH is 1. The van der Waals surface area contributed by atoms with Gasteiger partial charge in [0.1, 0.15) is 6.04 Å². The van der Waals surface area contributed by atoms with E-state index in [1.807, 2.05) is 12.1 Å². The van der Waals surface area contributed by atoms with E-state index in [-0.39, 0.29) is 18.0 Å². The van der Waals surface area contributed by atoms with Gasteiger partial charge in [-0.15, -0.1) is 0 Å². The zero-order valence-corrected chi connectivity index (χ0v) is 20.7. The quantitative estimate of drug-likeness (QED) is 0.149. The molecule has 2 aromatic carbocycles. The first kappa shape index (κ1) is 27.8. The molecule has 37 heavy (non-hydrogen) atoms. The predicted molar refractivity (Wildman–Crippen MR) is 139 cm³/mol. The van der Waals surface area contributed by atoms with E-state index in [1.165, 1.54) is 25.2 Å². The number of amides is 3. The second-order valence-electron chi connectivity index (χ2n) is 8.96. The van der Waals surface area contributed by atoms with E-state index in [9.17, 15) is 19.5 Å². The average molecular weight is 508 g/mol. The number of hydrogen-bond donors (Lipinski definition) is 7. The van der Waals surface area contributed by atoms with Crippen LogP contribution in [0.15, 0.2) is 48.5 Å². The minimum absolute atomic E-state index is 0.0940. The number of carbonyl (C=O) groups excluding carboxylic acids is 3. The predicted octanol–water partition coefficient (Wildman–Crippen LogP) is 0.599. The number of piperidine rings is 1. The van der Waals surface area contributed by atoms with Crippen molar-refractivity contribution in [2.24, 2.45) is 5.92 Å². The van der Waals surface area contributed by atoms with Gasteiger partial charge in [-0.25, -0.2) is 5.48 Å². The lowest BCUT2D eigenvalue weighted by Gasteiger charge is -2.22. The fraction of sp³-hybridized carbons (Fsp3) is 0.370. The molecule has 3 atom stereocenters. The third-order valence-electron chi connectivity index (χ3n) is 5.95. The van der Waals surface area contributed by atoms with Crippen LogP contribution in [-0.2, 0) is 9.59 Å². The monoisotopic (exact) mass is 507 g/mol. The van der Waals surface area contributed by atoms with E-state index >= 15 is 0 Å². The van der Waals surface area contributed by atoms with Crippen molar-refractivity contribution in [3.05, 3.63) is 65.2 Å². The van der Waals surface area contributed by atoms with Crippen molar-refractivity contribution in [2.45, 2.75) is 31.9 Å². The van der Waals surface area contributed by atoms with Crippen molar-refractivity contribution in [3.63, 3.8) is 0 Å². The first-order chi connectivity index (χ1) is 17.9. The molecule has 1 aliphatic rings. The van der Waals surface area contributed by atoms with Crippen LogP contribution in [0.25, 0.3) is 0 Å². The van der Waals surface area contributed by atoms with Crippen LogP contribution in [0.1, 0.15) is 41.3 Å². The Kier molecular flexibility index (Phi) is 10.6. The van der Waals surface area contributed by atoms with Gasteiger partial charge in [-0.3, -0.25) is 19.6 Å². The van der Waals surface area contributed by atoms with Gasteiger partial charge in [-0.1, -0.05) is 11.8 Å². The molecule has 0 aliphatic carbocycles. The van der Waals surface area contributed by atoms with Crippen LogP contribution in [0.3, 0.4) is 0 Å². The Hall–Kier alpha value is -3.75. The van der Waals surface area contributed by atoms with Gasteiger partial charge in [0.05, 0.1) is 12.6 Å². The molecule has 1 heterocycles. The third-order valence-corrected chi connectivity index (χ3v) is 5.95. The molecule has 0 saturated carbocycles. The number of carbonyl (C=O) groups is 3. The van der Waals surface area contributed by atoms with Crippen LogP contribution in [0, 0.1) is 17.8 Å². The van der Waals surface area contributed by atoms with Gasteiger partial charge in [0.2, 0.25) is 5.91 Å². The number of hydroxylamine groups is 1. The summed E-state index contributed by atoms with van der Waals surface area (Å²) in [7, 11) is 0. The highest BCUT2D eigenvalue weighted by Crippen LogP contribution is 2.11. The molecule has 7 N–H and O–H groups in total. The van der Waals surface area contributed by atoms with Crippen molar-refractivity contribution in [1.82, 2.24) is 21.4 Å². The lowest BCUT2D eigenvalue weighted by Crippen LogP contribution is -2.51. The molecule has 10 nitrogen and oxygen atoms in total. The maximum absolute atomic E-state index is 12.4.